The minimum atomic E-state index is -0.291. The molecule has 2 fully saturated rings. The number of methoxy groups -OCH3 is 1. The molecule has 0 spiro atoms. The summed E-state index contributed by atoms with van der Waals surface area (Å²) in [6, 6.07) is 5.61. The summed E-state index contributed by atoms with van der Waals surface area (Å²) in [5.41, 5.74) is -0.291. The van der Waals surface area contributed by atoms with Crippen LogP contribution in [-0.4, -0.2) is 67.4 Å². The summed E-state index contributed by atoms with van der Waals surface area (Å²) in [4.78, 5) is 18.9. The smallest absolute Gasteiger partial charge is 0.244 e. The van der Waals surface area contributed by atoms with Crippen molar-refractivity contribution in [2.75, 3.05) is 13.7 Å². The van der Waals surface area contributed by atoms with E-state index in [0.29, 0.717) is 12.4 Å². The Morgan fingerprint density at radius 3 is 3.04 bits per heavy atom. The number of fused-ring (bicyclic) bond motifs is 1. The highest BCUT2D eigenvalue weighted by molar-refractivity contribution is 5.76. The molecule has 1 amide bonds. The SMILES string of the molecule is CO[C@@]12CC[C@@H](Oc3ccccn3)C[C@@H]1N(C(=O)Cn1cnnn1)CC2. The highest BCUT2D eigenvalue weighted by Crippen LogP contribution is 2.43. The van der Waals surface area contributed by atoms with Crippen LogP contribution in [0, 0.1) is 0 Å². The highest BCUT2D eigenvalue weighted by Gasteiger charge is 2.53. The van der Waals surface area contributed by atoms with Crippen molar-refractivity contribution in [3.8, 4) is 5.88 Å². The Kier molecular flexibility index (Phi) is 4.54. The monoisotopic (exact) mass is 358 g/mol. The van der Waals surface area contributed by atoms with Crippen LogP contribution >= 0.6 is 0 Å². The average Bonchev–Trinajstić information content (AvgIpc) is 3.30. The topological polar surface area (TPSA) is 95.3 Å². The lowest BCUT2D eigenvalue weighted by atomic mass is 9.79. The quantitative estimate of drug-likeness (QED) is 0.776. The number of nitrogens with zero attached hydrogens (tertiary/aromatic N) is 6. The van der Waals surface area contributed by atoms with E-state index < -0.39 is 0 Å². The van der Waals surface area contributed by atoms with Gasteiger partial charge in [0, 0.05) is 32.3 Å². The van der Waals surface area contributed by atoms with Gasteiger partial charge >= 0.3 is 0 Å². The van der Waals surface area contributed by atoms with Gasteiger partial charge in [-0.05, 0) is 35.8 Å². The number of amides is 1. The third kappa shape index (κ3) is 3.14. The fourth-order valence-electron chi connectivity index (χ4n) is 4.14. The molecule has 3 atom stereocenters. The Bertz CT molecular complexity index is 740. The number of hydrogen-bond acceptors (Lipinski definition) is 7. The second-order valence-corrected chi connectivity index (χ2v) is 6.81. The lowest BCUT2D eigenvalue weighted by Gasteiger charge is -2.43. The van der Waals surface area contributed by atoms with Crippen LogP contribution in [-0.2, 0) is 16.1 Å². The Morgan fingerprint density at radius 1 is 1.38 bits per heavy atom. The summed E-state index contributed by atoms with van der Waals surface area (Å²) in [5.74, 6) is 0.617. The van der Waals surface area contributed by atoms with Crippen molar-refractivity contribution in [3.05, 3.63) is 30.7 Å². The summed E-state index contributed by atoms with van der Waals surface area (Å²) in [6.45, 7) is 0.810. The zero-order valence-electron chi connectivity index (χ0n) is 14.7. The fourth-order valence-corrected chi connectivity index (χ4v) is 4.14. The van der Waals surface area contributed by atoms with Gasteiger partial charge in [-0.15, -0.1) is 5.10 Å². The zero-order chi connectivity index (χ0) is 18.0. The number of aromatic nitrogens is 5. The van der Waals surface area contributed by atoms with E-state index in [2.05, 4.69) is 20.5 Å². The number of tetrazole rings is 1. The number of ether oxygens (including phenoxy) is 2. The van der Waals surface area contributed by atoms with Crippen LogP contribution in [0.4, 0.5) is 0 Å². The predicted molar refractivity (Wildman–Crippen MR) is 90.2 cm³/mol. The van der Waals surface area contributed by atoms with Gasteiger partial charge < -0.3 is 14.4 Å². The third-order valence-corrected chi connectivity index (χ3v) is 5.48. The minimum Gasteiger partial charge on any atom is -0.474 e. The number of carbonyl (C=O) groups excluding carboxylic acids is 1. The van der Waals surface area contributed by atoms with Gasteiger partial charge in [0.15, 0.2) is 0 Å². The van der Waals surface area contributed by atoms with Gasteiger partial charge in [0.1, 0.15) is 19.0 Å². The summed E-state index contributed by atoms with van der Waals surface area (Å²) in [5, 5.41) is 10.9. The van der Waals surface area contributed by atoms with Crippen molar-refractivity contribution in [1.29, 1.82) is 0 Å². The first kappa shape index (κ1) is 16.9. The van der Waals surface area contributed by atoms with E-state index in [1.54, 1.807) is 13.3 Å². The van der Waals surface area contributed by atoms with Gasteiger partial charge in [0.25, 0.3) is 0 Å². The highest BCUT2D eigenvalue weighted by atomic mass is 16.5. The predicted octanol–water partition coefficient (Wildman–Crippen LogP) is 0.686. The van der Waals surface area contributed by atoms with Crippen LogP contribution in [0.15, 0.2) is 30.7 Å². The average molecular weight is 358 g/mol. The Hall–Kier alpha value is -2.55. The van der Waals surface area contributed by atoms with Crippen LogP contribution in [0.25, 0.3) is 0 Å². The molecule has 2 aromatic heterocycles. The van der Waals surface area contributed by atoms with Gasteiger partial charge in [-0.3, -0.25) is 4.79 Å². The maximum atomic E-state index is 12.8. The molecule has 3 heterocycles. The molecule has 1 aliphatic carbocycles. The summed E-state index contributed by atoms with van der Waals surface area (Å²) < 4.78 is 13.4. The van der Waals surface area contributed by atoms with Gasteiger partial charge in [0.05, 0.1) is 11.6 Å². The first-order chi connectivity index (χ1) is 12.7. The molecule has 2 aromatic rings. The van der Waals surface area contributed by atoms with Crippen LogP contribution in [0.2, 0.25) is 0 Å². The lowest BCUT2D eigenvalue weighted by Crippen LogP contribution is -2.54. The van der Waals surface area contributed by atoms with Gasteiger partial charge in [-0.1, -0.05) is 6.07 Å². The summed E-state index contributed by atoms with van der Waals surface area (Å²) in [7, 11) is 1.74. The Labute approximate surface area is 151 Å². The number of carbonyl (C=O) groups is 1. The molecular formula is C17H22N6O3. The molecule has 0 aromatic carbocycles. The van der Waals surface area contributed by atoms with Crippen molar-refractivity contribution in [2.24, 2.45) is 0 Å². The Morgan fingerprint density at radius 2 is 2.31 bits per heavy atom. The third-order valence-electron chi connectivity index (χ3n) is 5.48. The second kappa shape index (κ2) is 6.99. The van der Waals surface area contributed by atoms with Gasteiger partial charge in [0.2, 0.25) is 11.8 Å². The summed E-state index contributed by atoms with van der Waals surface area (Å²) >= 11 is 0. The molecule has 9 heteroatoms. The van der Waals surface area contributed by atoms with E-state index in [1.807, 2.05) is 23.1 Å². The summed E-state index contributed by atoms with van der Waals surface area (Å²) in [6.07, 6.45) is 6.49. The van der Waals surface area contributed by atoms with Gasteiger partial charge in [-0.2, -0.15) is 0 Å². The van der Waals surface area contributed by atoms with Crippen LogP contribution in [0.5, 0.6) is 5.88 Å². The molecule has 1 aliphatic heterocycles. The number of hydrogen-bond donors (Lipinski definition) is 0. The molecular weight excluding hydrogens is 336 g/mol. The van der Waals surface area contributed by atoms with Crippen molar-refractivity contribution in [3.63, 3.8) is 0 Å². The standard InChI is InChI=1S/C17H22N6O3/c1-25-17-6-5-13(26-15-4-2-3-8-18-15)10-14(17)23(9-7-17)16(24)11-22-12-19-20-21-22/h2-4,8,12-14H,5-7,9-11H2,1H3/t13-,14+,17-/m1/s1. The molecule has 2 aliphatic rings. The lowest BCUT2D eigenvalue weighted by molar-refractivity contribution is -0.140. The first-order valence-electron chi connectivity index (χ1n) is 8.83. The largest absolute Gasteiger partial charge is 0.474 e. The fraction of sp³-hybridized carbons (Fsp3) is 0.588. The van der Waals surface area contributed by atoms with E-state index in [4.69, 9.17) is 9.47 Å². The number of pyridine rings is 1. The maximum Gasteiger partial charge on any atom is 0.244 e. The normalized spacial score (nSPS) is 28.0. The van der Waals surface area contributed by atoms with E-state index in [-0.39, 0.29) is 30.2 Å². The van der Waals surface area contributed by atoms with Crippen molar-refractivity contribution in [1.82, 2.24) is 30.1 Å². The maximum absolute atomic E-state index is 12.8. The number of rotatable bonds is 5. The van der Waals surface area contributed by atoms with Crippen LogP contribution in [0.1, 0.15) is 25.7 Å². The molecule has 26 heavy (non-hydrogen) atoms. The molecule has 0 N–H and O–H groups in total. The van der Waals surface area contributed by atoms with Gasteiger partial charge in [-0.25, -0.2) is 9.67 Å². The molecule has 9 nitrogen and oxygen atoms in total. The first-order valence-corrected chi connectivity index (χ1v) is 8.83. The van der Waals surface area contributed by atoms with Crippen molar-refractivity contribution < 1.29 is 14.3 Å². The molecule has 1 saturated heterocycles. The van der Waals surface area contributed by atoms with Crippen molar-refractivity contribution in [2.45, 2.75) is 50.0 Å². The van der Waals surface area contributed by atoms with Crippen molar-refractivity contribution >= 4 is 5.91 Å². The van der Waals surface area contributed by atoms with Crippen LogP contribution < -0.4 is 4.74 Å². The Balaban J connectivity index is 1.48. The van der Waals surface area contributed by atoms with E-state index >= 15 is 0 Å². The molecule has 0 bridgehead atoms. The molecule has 0 unspecified atom stereocenters. The zero-order valence-corrected chi connectivity index (χ0v) is 14.7. The molecule has 0 radical (unpaired) electrons. The van der Waals surface area contributed by atoms with E-state index in [9.17, 15) is 4.79 Å². The second-order valence-electron chi connectivity index (χ2n) is 6.81. The molecule has 138 valence electrons. The van der Waals surface area contributed by atoms with Crippen LogP contribution in [0.3, 0.4) is 0 Å². The van der Waals surface area contributed by atoms with E-state index in [1.165, 1.54) is 11.0 Å². The number of likely N-dealkylation sites (tertiary alicyclic amines) is 1. The molecule has 1 saturated carbocycles. The molecule has 4 rings (SSSR count). The van der Waals surface area contributed by atoms with E-state index in [0.717, 1.165) is 25.7 Å². The minimum absolute atomic E-state index is 0.000267.